The normalized spacial score (nSPS) is 22.9. The third kappa shape index (κ3) is 1.70. The van der Waals surface area contributed by atoms with Gasteiger partial charge in [0.05, 0.1) is 17.4 Å². The van der Waals surface area contributed by atoms with Crippen LogP contribution in [-0.4, -0.2) is 43.2 Å². The molecule has 2 saturated heterocycles. The van der Waals surface area contributed by atoms with Crippen molar-refractivity contribution in [3.8, 4) is 0 Å². The molecule has 5 N–H and O–H groups in total. The molecular weight excluding hydrogens is 230 g/mol. The zero-order chi connectivity index (χ0) is 12.7. The van der Waals surface area contributed by atoms with Gasteiger partial charge in [-0.05, 0) is 18.2 Å². The minimum atomic E-state index is 0.0523. The molecule has 96 valence electrons. The Morgan fingerprint density at radius 3 is 2.83 bits per heavy atom. The van der Waals surface area contributed by atoms with E-state index in [0.717, 1.165) is 31.9 Å². The van der Waals surface area contributed by atoms with Crippen molar-refractivity contribution in [2.24, 2.45) is 0 Å². The number of benzene rings is 1. The Labute approximate surface area is 106 Å². The van der Waals surface area contributed by atoms with Gasteiger partial charge in [-0.3, -0.25) is 0 Å². The quantitative estimate of drug-likeness (QED) is 0.613. The van der Waals surface area contributed by atoms with Crippen molar-refractivity contribution >= 4 is 23.1 Å². The van der Waals surface area contributed by atoms with E-state index in [1.807, 2.05) is 23.1 Å². The van der Waals surface area contributed by atoms with Crippen LogP contribution in [0.5, 0.6) is 0 Å². The Balaban J connectivity index is 1.78. The molecule has 1 aromatic rings. The second-order valence-electron chi connectivity index (χ2n) is 4.79. The topological polar surface area (TPSA) is 87.6 Å². The molecule has 18 heavy (non-hydrogen) atoms. The van der Waals surface area contributed by atoms with Gasteiger partial charge in [0.2, 0.25) is 0 Å². The molecule has 0 saturated carbocycles. The number of carbonyl (C=O) groups is 1. The van der Waals surface area contributed by atoms with E-state index in [9.17, 15) is 4.79 Å². The predicted octanol–water partition coefficient (Wildman–Crippen LogP) is 0.0648. The molecule has 0 spiro atoms. The van der Waals surface area contributed by atoms with E-state index >= 15 is 0 Å². The highest BCUT2D eigenvalue weighted by Crippen LogP contribution is 2.25. The lowest BCUT2D eigenvalue weighted by Crippen LogP contribution is -2.52. The average Bonchev–Trinajstić information content (AvgIpc) is 2.74. The zero-order valence-corrected chi connectivity index (χ0v) is 10.1. The fourth-order valence-corrected chi connectivity index (χ4v) is 2.60. The summed E-state index contributed by atoms with van der Waals surface area (Å²) in [6.45, 7) is 3.13. The summed E-state index contributed by atoms with van der Waals surface area (Å²) in [7, 11) is 0. The zero-order valence-electron chi connectivity index (χ0n) is 10.1. The first-order chi connectivity index (χ1) is 8.65. The van der Waals surface area contributed by atoms with Gasteiger partial charge in [0.1, 0.15) is 0 Å². The fraction of sp³-hybridized carbons (Fsp3) is 0.417. The molecule has 1 aromatic carbocycles. The average molecular weight is 247 g/mol. The van der Waals surface area contributed by atoms with Crippen LogP contribution in [0.15, 0.2) is 18.2 Å². The van der Waals surface area contributed by atoms with E-state index in [1.165, 1.54) is 0 Å². The smallest absolute Gasteiger partial charge is 0.317 e. The summed E-state index contributed by atoms with van der Waals surface area (Å²) < 4.78 is 0. The lowest BCUT2D eigenvalue weighted by Gasteiger charge is -2.37. The maximum atomic E-state index is 11.5. The molecule has 1 unspecified atom stereocenters. The first kappa shape index (κ1) is 11.0. The summed E-state index contributed by atoms with van der Waals surface area (Å²) in [5, 5.41) is 2.87. The second-order valence-corrected chi connectivity index (χ2v) is 4.79. The van der Waals surface area contributed by atoms with Crippen LogP contribution in [0, 0.1) is 0 Å². The van der Waals surface area contributed by atoms with E-state index in [0.29, 0.717) is 11.4 Å². The highest BCUT2D eigenvalue weighted by atomic mass is 16.2. The minimum Gasteiger partial charge on any atom is -0.397 e. The number of nitrogen functional groups attached to an aromatic ring is 2. The van der Waals surface area contributed by atoms with Gasteiger partial charge in [0.25, 0.3) is 0 Å². The SMILES string of the molecule is Nc1ccc(N2CCN3C(=O)NCC3C2)cc1N. The number of nitrogens with two attached hydrogens (primary N) is 2. The molecule has 6 nitrogen and oxygen atoms in total. The first-order valence-corrected chi connectivity index (χ1v) is 6.09. The van der Waals surface area contributed by atoms with Crippen molar-refractivity contribution in [1.82, 2.24) is 10.2 Å². The van der Waals surface area contributed by atoms with Crippen LogP contribution in [0.3, 0.4) is 0 Å². The number of nitrogens with one attached hydrogen (secondary N) is 1. The van der Waals surface area contributed by atoms with Gasteiger partial charge in [-0.2, -0.15) is 0 Å². The Hall–Kier alpha value is -2.11. The molecule has 3 rings (SSSR count). The fourth-order valence-electron chi connectivity index (χ4n) is 2.60. The van der Waals surface area contributed by atoms with Crippen molar-refractivity contribution in [3.05, 3.63) is 18.2 Å². The molecule has 2 amide bonds. The number of carbonyl (C=O) groups excluding carboxylic acids is 1. The maximum absolute atomic E-state index is 11.5. The van der Waals surface area contributed by atoms with E-state index in [1.54, 1.807) is 0 Å². The number of urea groups is 1. The van der Waals surface area contributed by atoms with E-state index in [4.69, 9.17) is 11.5 Å². The van der Waals surface area contributed by atoms with Gasteiger partial charge in [-0.15, -0.1) is 0 Å². The standard InChI is InChI=1S/C12H17N5O/c13-10-2-1-8(5-11(10)14)16-3-4-17-9(7-16)6-15-12(17)18/h1-2,5,9H,3-4,6-7,13-14H2,(H,15,18). The number of nitrogens with zero attached hydrogens (tertiary/aromatic N) is 2. The molecule has 2 fully saturated rings. The number of hydrogen-bond acceptors (Lipinski definition) is 4. The monoisotopic (exact) mass is 247 g/mol. The van der Waals surface area contributed by atoms with Crippen LogP contribution in [0.1, 0.15) is 0 Å². The van der Waals surface area contributed by atoms with Crippen molar-refractivity contribution in [1.29, 1.82) is 0 Å². The van der Waals surface area contributed by atoms with E-state index < -0.39 is 0 Å². The summed E-state index contributed by atoms with van der Waals surface area (Å²) >= 11 is 0. The maximum Gasteiger partial charge on any atom is 0.317 e. The highest BCUT2D eigenvalue weighted by Gasteiger charge is 2.35. The van der Waals surface area contributed by atoms with Crippen LogP contribution >= 0.6 is 0 Å². The Kier molecular flexibility index (Phi) is 2.43. The number of anilines is 3. The number of piperazine rings is 1. The third-order valence-corrected chi connectivity index (χ3v) is 3.67. The van der Waals surface area contributed by atoms with Gasteiger partial charge in [-0.25, -0.2) is 4.79 Å². The summed E-state index contributed by atoms with van der Waals surface area (Å²) in [5.74, 6) is 0. The van der Waals surface area contributed by atoms with Gasteiger partial charge in [0, 0.05) is 31.9 Å². The second kappa shape index (κ2) is 3.97. The number of rotatable bonds is 1. The molecular formula is C12H17N5O. The molecule has 0 radical (unpaired) electrons. The molecule has 2 aliphatic heterocycles. The van der Waals surface area contributed by atoms with Crippen molar-refractivity contribution in [2.75, 3.05) is 42.5 Å². The largest absolute Gasteiger partial charge is 0.397 e. The van der Waals surface area contributed by atoms with Crippen molar-refractivity contribution < 1.29 is 4.79 Å². The highest BCUT2D eigenvalue weighted by molar-refractivity contribution is 5.77. The lowest BCUT2D eigenvalue weighted by atomic mass is 10.1. The lowest BCUT2D eigenvalue weighted by molar-refractivity contribution is 0.197. The number of hydrogen-bond donors (Lipinski definition) is 3. The molecule has 0 aliphatic carbocycles. The number of amides is 2. The number of fused-ring (bicyclic) bond motifs is 1. The predicted molar refractivity (Wildman–Crippen MR) is 71.4 cm³/mol. The van der Waals surface area contributed by atoms with E-state index in [2.05, 4.69) is 10.2 Å². The molecule has 2 aliphatic rings. The summed E-state index contributed by atoms with van der Waals surface area (Å²) in [4.78, 5) is 15.7. The van der Waals surface area contributed by atoms with Crippen LogP contribution in [-0.2, 0) is 0 Å². The molecule has 0 bridgehead atoms. The Bertz CT molecular complexity index is 489. The molecule has 2 heterocycles. The molecule has 1 atom stereocenters. The van der Waals surface area contributed by atoms with Crippen LogP contribution in [0.25, 0.3) is 0 Å². The summed E-state index contributed by atoms with van der Waals surface area (Å²) in [6, 6.07) is 6.01. The Morgan fingerprint density at radius 2 is 2.06 bits per heavy atom. The van der Waals surface area contributed by atoms with Crippen LogP contribution < -0.4 is 21.7 Å². The van der Waals surface area contributed by atoms with Crippen molar-refractivity contribution in [2.45, 2.75) is 6.04 Å². The Morgan fingerprint density at radius 1 is 1.22 bits per heavy atom. The third-order valence-electron chi connectivity index (χ3n) is 3.67. The van der Waals surface area contributed by atoms with Crippen molar-refractivity contribution in [3.63, 3.8) is 0 Å². The van der Waals surface area contributed by atoms with Gasteiger partial charge < -0.3 is 26.6 Å². The van der Waals surface area contributed by atoms with Crippen LogP contribution in [0.2, 0.25) is 0 Å². The van der Waals surface area contributed by atoms with Gasteiger partial charge in [-0.1, -0.05) is 0 Å². The van der Waals surface area contributed by atoms with E-state index in [-0.39, 0.29) is 12.1 Å². The molecule has 6 heteroatoms. The van der Waals surface area contributed by atoms with Gasteiger partial charge in [0.15, 0.2) is 0 Å². The van der Waals surface area contributed by atoms with Gasteiger partial charge >= 0.3 is 6.03 Å². The molecule has 0 aromatic heterocycles. The summed E-state index contributed by atoms with van der Waals surface area (Å²) in [5.41, 5.74) is 13.8. The first-order valence-electron chi connectivity index (χ1n) is 6.09. The summed E-state index contributed by atoms with van der Waals surface area (Å²) in [6.07, 6.45) is 0. The minimum absolute atomic E-state index is 0.0523. The van der Waals surface area contributed by atoms with Crippen LogP contribution in [0.4, 0.5) is 21.9 Å².